The van der Waals surface area contributed by atoms with Crippen LogP contribution in [0.2, 0.25) is 0 Å². The monoisotopic (exact) mass is 1470 g/mol. The fourth-order valence-corrected chi connectivity index (χ4v) is 14.1. The Morgan fingerprint density at radius 3 is 0.710 bits per heavy atom. The molecule has 0 saturated carbocycles. The van der Waals surface area contributed by atoms with Crippen molar-refractivity contribution in [1.29, 1.82) is 0 Å². The van der Waals surface area contributed by atoms with E-state index in [4.69, 9.17) is 37.0 Å². The molecule has 0 aliphatic heterocycles. The van der Waals surface area contributed by atoms with Crippen LogP contribution >= 0.6 is 15.6 Å². The van der Waals surface area contributed by atoms with Crippen LogP contribution in [0, 0.1) is 5.92 Å². The molecule has 0 spiro atoms. The van der Waals surface area contributed by atoms with Gasteiger partial charge in [0, 0.05) is 25.7 Å². The van der Waals surface area contributed by atoms with Crippen molar-refractivity contribution in [3.63, 3.8) is 0 Å². The smallest absolute Gasteiger partial charge is 0.462 e. The van der Waals surface area contributed by atoms with Crippen molar-refractivity contribution in [2.75, 3.05) is 39.6 Å². The minimum Gasteiger partial charge on any atom is -0.462 e. The van der Waals surface area contributed by atoms with Gasteiger partial charge in [-0.2, -0.15) is 0 Å². The summed E-state index contributed by atoms with van der Waals surface area (Å²) in [6.07, 6.45) is 65.2. The Labute approximate surface area is 613 Å². The highest BCUT2D eigenvalue weighted by molar-refractivity contribution is 7.47. The van der Waals surface area contributed by atoms with Crippen LogP contribution in [0.4, 0.5) is 0 Å². The summed E-state index contributed by atoms with van der Waals surface area (Å²) in [7, 11) is -9.92. The molecule has 0 radical (unpaired) electrons. The van der Waals surface area contributed by atoms with Crippen LogP contribution in [-0.4, -0.2) is 96.7 Å². The summed E-state index contributed by atoms with van der Waals surface area (Å²) in [5.41, 5.74) is 0. The molecule has 0 amide bonds. The Kier molecular flexibility index (Phi) is 72.5. The first-order valence-electron chi connectivity index (χ1n) is 42.2. The lowest BCUT2D eigenvalue weighted by Crippen LogP contribution is -2.30. The maximum absolute atomic E-state index is 13.1. The number of aliphatic hydroxyl groups is 1. The van der Waals surface area contributed by atoms with Gasteiger partial charge in [-0.05, 0) is 31.6 Å². The van der Waals surface area contributed by atoms with E-state index in [1.807, 2.05) is 0 Å². The molecule has 3 unspecified atom stereocenters. The topological polar surface area (TPSA) is 237 Å². The van der Waals surface area contributed by atoms with Gasteiger partial charge in [0.25, 0.3) is 0 Å². The van der Waals surface area contributed by atoms with E-state index < -0.39 is 97.5 Å². The molecule has 0 aliphatic carbocycles. The second-order valence-corrected chi connectivity index (χ2v) is 32.3. The summed E-state index contributed by atoms with van der Waals surface area (Å²) in [6.45, 7) is 7.31. The van der Waals surface area contributed by atoms with Crippen LogP contribution in [0.15, 0.2) is 0 Å². The van der Waals surface area contributed by atoms with Gasteiger partial charge in [-0.25, -0.2) is 9.13 Å². The molecule has 0 heterocycles. The highest BCUT2D eigenvalue weighted by Crippen LogP contribution is 2.45. The summed E-state index contributed by atoms with van der Waals surface area (Å²) in [6, 6.07) is 0. The molecule has 0 aromatic heterocycles. The molecule has 3 N–H and O–H groups in total. The number of esters is 4. The molecule has 6 atom stereocenters. The molecule has 0 bridgehead atoms. The average molecular weight is 1470 g/mol. The zero-order chi connectivity index (χ0) is 73.4. The van der Waals surface area contributed by atoms with E-state index in [0.29, 0.717) is 25.7 Å². The fraction of sp³-hybridized carbons (Fsp3) is 0.951. The third-order valence-corrected chi connectivity index (χ3v) is 21.3. The molecule has 0 saturated heterocycles. The average Bonchev–Trinajstić information content (AvgIpc) is 0.993. The molecule has 594 valence electrons. The number of unbranched alkanes of at least 4 members (excludes halogenated alkanes) is 52. The standard InChI is InChI=1S/C81H158O17P2/c1-6-10-13-16-19-22-25-27-29-31-33-35-37-39-41-44-50-55-60-65-79(84)92-70-76(97-80(85)66-61-56-51-45-42-40-38-36-34-32-30-28-26-23-20-17-14-11-7-2)72-95-99(87,88)93-68-75(82)69-94-100(89,90)96-73-77(71-91-78(83)64-59-54-49-43-24-21-18-15-12-8-3)98-81(86)67-62-57-52-47-46-48-53-58-63-74(5)9-4/h74-77,82H,6-73H2,1-5H3,(H,87,88)(H,89,90)/t74?,75-,76-,77-/m1/s1. The first-order chi connectivity index (χ1) is 48.6. The van der Waals surface area contributed by atoms with Crippen LogP contribution in [0.1, 0.15) is 433 Å². The van der Waals surface area contributed by atoms with Gasteiger partial charge in [0.05, 0.1) is 26.4 Å². The number of hydrogen-bond donors (Lipinski definition) is 3. The van der Waals surface area contributed by atoms with Gasteiger partial charge in [-0.1, -0.05) is 381 Å². The molecular weight excluding hydrogens is 1310 g/mol. The maximum Gasteiger partial charge on any atom is 0.472 e. The van der Waals surface area contributed by atoms with Crippen LogP contribution in [0.5, 0.6) is 0 Å². The molecule has 0 fully saturated rings. The zero-order valence-electron chi connectivity index (χ0n) is 65.3. The minimum absolute atomic E-state index is 0.106. The van der Waals surface area contributed by atoms with E-state index in [1.54, 1.807) is 0 Å². The van der Waals surface area contributed by atoms with Gasteiger partial charge in [0.15, 0.2) is 12.2 Å². The zero-order valence-corrected chi connectivity index (χ0v) is 67.1. The summed E-state index contributed by atoms with van der Waals surface area (Å²) >= 11 is 0. The number of ether oxygens (including phenoxy) is 4. The number of rotatable bonds is 81. The Morgan fingerprint density at radius 1 is 0.280 bits per heavy atom. The molecule has 0 aromatic rings. The lowest BCUT2D eigenvalue weighted by molar-refractivity contribution is -0.161. The number of phosphoric acid groups is 2. The Bertz CT molecular complexity index is 1910. The second kappa shape index (κ2) is 73.9. The van der Waals surface area contributed by atoms with Gasteiger partial charge in [-0.3, -0.25) is 37.3 Å². The van der Waals surface area contributed by atoms with Crippen molar-refractivity contribution in [3.8, 4) is 0 Å². The Morgan fingerprint density at radius 2 is 0.480 bits per heavy atom. The first-order valence-corrected chi connectivity index (χ1v) is 45.2. The predicted molar refractivity (Wildman–Crippen MR) is 409 cm³/mol. The van der Waals surface area contributed by atoms with Gasteiger partial charge in [0.1, 0.15) is 19.3 Å². The van der Waals surface area contributed by atoms with Crippen molar-refractivity contribution >= 4 is 39.5 Å². The normalized spacial score (nSPS) is 14.1. The SMILES string of the molecule is CCCCCCCCCCCCCCCCCCCCCC(=O)OC[C@H](COP(=O)(O)OC[C@@H](O)COP(=O)(O)OC[C@@H](COC(=O)CCCCCCCCCCCC)OC(=O)CCCCCCCCCCC(C)CC)OC(=O)CCCCCCCCCCCCCCCCCCCCC. The molecule has 0 aliphatic rings. The summed E-state index contributed by atoms with van der Waals surface area (Å²) < 4.78 is 68.7. The molecule has 17 nitrogen and oxygen atoms in total. The van der Waals surface area contributed by atoms with Crippen molar-refractivity contribution in [1.82, 2.24) is 0 Å². The third kappa shape index (κ3) is 73.0. The van der Waals surface area contributed by atoms with Crippen molar-refractivity contribution in [2.45, 2.75) is 451 Å². The number of aliphatic hydroxyl groups excluding tert-OH is 1. The first kappa shape index (κ1) is 98.1. The fourth-order valence-electron chi connectivity index (χ4n) is 12.6. The molecular formula is C81H158O17P2. The van der Waals surface area contributed by atoms with Crippen LogP contribution in [-0.2, 0) is 65.4 Å². The summed E-state index contributed by atoms with van der Waals surface area (Å²) in [4.78, 5) is 73.0. The van der Waals surface area contributed by atoms with Crippen LogP contribution in [0.25, 0.3) is 0 Å². The predicted octanol–water partition coefficient (Wildman–Crippen LogP) is 24.4. The minimum atomic E-state index is -4.96. The second-order valence-electron chi connectivity index (χ2n) is 29.4. The largest absolute Gasteiger partial charge is 0.472 e. The van der Waals surface area contributed by atoms with Crippen molar-refractivity contribution in [3.05, 3.63) is 0 Å². The number of hydrogen-bond acceptors (Lipinski definition) is 15. The summed E-state index contributed by atoms with van der Waals surface area (Å²) in [5.74, 6) is -1.34. The lowest BCUT2D eigenvalue weighted by Gasteiger charge is -2.21. The van der Waals surface area contributed by atoms with E-state index in [0.717, 1.165) is 95.8 Å². The highest BCUT2D eigenvalue weighted by Gasteiger charge is 2.30. The number of carbonyl (C=O) groups is 4. The van der Waals surface area contributed by atoms with E-state index in [9.17, 15) is 43.2 Å². The number of carbonyl (C=O) groups excluding carboxylic acids is 4. The van der Waals surface area contributed by atoms with Gasteiger partial charge in [-0.15, -0.1) is 0 Å². The quantitative estimate of drug-likeness (QED) is 0.0222. The van der Waals surface area contributed by atoms with Crippen molar-refractivity contribution in [2.24, 2.45) is 5.92 Å². The molecule has 0 aromatic carbocycles. The van der Waals surface area contributed by atoms with Gasteiger partial charge in [0.2, 0.25) is 0 Å². The number of phosphoric ester groups is 2. The van der Waals surface area contributed by atoms with E-state index in [1.165, 1.54) is 257 Å². The summed E-state index contributed by atoms with van der Waals surface area (Å²) in [5, 5.41) is 10.6. The lowest BCUT2D eigenvalue weighted by atomic mass is 9.99. The van der Waals surface area contributed by atoms with E-state index in [2.05, 4.69) is 34.6 Å². The van der Waals surface area contributed by atoms with E-state index in [-0.39, 0.29) is 25.7 Å². The third-order valence-electron chi connectivity index (χ3n) is 19.4. The maximum atomic E-state index is 13.1. The van der Waals surface area contributed by atoms with Crippen LogP contribution < -0.4 is 0 Å². The molecule has 100 heavy (non-hydrogen) atoms. The van der Waals surface area contributed by atoms with Gasteiger partial charge >= 0.3 is 39.5 Å². The molecule has 0 rings (SSSR count). The highest BCUT2D eigenvalue weighted by atomic mass is 31.2. The Balaban J connectivity index is 5.22. The molecule has 19 heteroatoms. The van der Waals surface area contributed by atoms with Crippen LogP contribution in [0.3, 0.4) is 0 Å². The van der Waals surface area contributed by atoms with Crippen molar-refractivity contribution < 1.29 is 80.2 Å². The van der Waals surface area contributed by atoms with Gasteiger partial charge < -0.3 is 33.8 Å². The Hall–Kier alpha value is -1.94. The van der Waals surface area contributed by atoms with E-state index >= 15 is 0 Å².